The molecule has 9 heavy (non-hydrogen) atoms. The lowest BCUT2D eigenvalue weighted by Gasteiger charge is -2.21. The van der Waals surface area contributed by atoms with Gasteiger partial charge in [-0.25, -0.2) is 0 Å². The van der Waals surface area contributed by atoms with Gasteiger partial charge in [-0.1, -0.05) is 6.08 Å². The van der Waals surface area contributed by atoms with Crippen LogP contribution >= 0.6 is 11.8 Å². The van der Waals surface area contributed by atoms with Crippen LogP contribution in [0.5, 0.6) is 0 Å². The minimum atomic E-state index is 0.611. The third kappa shape index (κ3) is 0.917. The lowest BCUT2D eigenvalue weighted by atomic mass is 10.0. The smallest absolute Gasteiger partial charge is 0.0235 e. The maximum atomic E-state index is 2.40. The molecule has 1 atom stereocenters. The Morgan fingerprint density at radius 1 is 1.56 bits per heavy atom. The second-order valence-corrected chi connectivity index (χ2v) is 4.72. The fourth-order valence-electron chi connectivity index (χ4n) is 1.49. The van der Waals surface area contributed by atoms with Gasteiger partial charge in [0.25, 0.3) is 0 Å². The molecule has 1 heterocycles. The predicted molar refractivity (Wildman–Crippen MR) is 42.5 cm³/mol. The fraction of sp³-hybridized carbons (Fsp3) is 0.750. The van der Waals surface area contributed by atoms with Crippen molar-refractivity contribution in [2.75, 3.05) is 0 Å². The Balaban J connectivity index is 2.06. The molecular weight excluding hydrogens is 128 g/mol. The van der Waals surface area contributed by atoms with Crippen molar-refractivity contribution in [1.29, 1.82) is 0 Å². The van der Waals surface area contributed by atoms with Gasteiger partial charge in [0.1, 0.15) is 0 Å². The van der Waals surface area contributed by atoms with Crippen LogP contribution in [0.1, 0.15) is 26.2 Å². The van der Waals surface area contributed by atoms with E-state index in [2.05, 4.69) is 18.4 Å². The van der Waals surface area contributed by atoms with Gasteiger partial charge in [-0.2, -0.15) is 0 Å². The van der Waals surface area contributed by atoms with Crippen LogP contribution in [0, 0.1) is 5.92 Å². The van der Waals surface area contributed by atoms with Crippen molar-refractivity contribution in [3.05, 3.63) is 11.5 Å². The van der Waals surface area contributed by atoms with Crippen molar-refractivity contribution in [2.45, 2.75) is 30.9 Å². The highest BCUT2D eigenvalue weighted by Crippen LogP contribution is 2.52. The molecule has 0 N–H and O–H groups in total. The van der Waals surface area contributed by atoms with Crippen molar-refractivity contribution in [1.82, 2.24) is 0 Å². The molecule has 0 amide bonds. The van der Waals surface area contributed by atoms with Gasteiger partial charge in [0.2, 0.25) is 0 Å². The Morgan fingerprint density at radius 3 is 2.78 bits per heavy atom. The third-order valence-corrected chi connectivity index (χ3v) is 3.76. The van der Waals surface area contributed by atoms with Crippen molar-refractivity contribution >= 4 is 11.8 Å². The summed E-state index contributed by atoms with van der Waals surface area (Å²) in [5.41, 5.74) is 0. The Kier molecular flexibility index (Phi) is 1.16. The largest absolute Gasteiger partial charge is 0.127 e. The summed E-state index contributed by atoms with van der Waals surface area (Å²) in [6.45, 7) is 2.40. The van der Waals surface area contributed by atoms with E-state index in [1.54, 1.807) is 0 Å². The Bertz CT molecular complexity index is 137. The van der Waals surface area contributed by atoms with E-state index >= 15 is 0 Å². The molecule has 0 radical (unpaired) electrons. The molecule has 1 heteroatoms. The Hall–Kier alpha value is 0.0900. The van der Waals surface area contributed by atoms with E-state index in [0.29, 0.717) is 4.75 Å². The van der Waals surface area contributed by atoms with Crippen LogP contribution in [0.15, 0.2) is 11.5 Å². The highest BCUT2D eigenvalue weighted by Gasteiger charge is 2.42. The first-order chi connectivity index (χ1) is 4.31. The van der Waals surface area contributed by atoms with Crippen molar-refractivity contribution in [2.24, 2.45) is 5.92 Å². The molecule has 1 fully saturated rings. The molecule has 1 unspecified atom stereocenters. The average Bonchev–Trinajstić information content (AvgIpc) is 2.60. The molecule has 0 bridgehead atoms. The first kappa shape index (κ1) is 5.84. The van der Waals surface area contributed by atoms with Gasteiger partial charge in [0, 0.05) is 4.75 Å². The second kappa shape index (κ2) is 1.79. The fourth-order valence-corrected chi connectivity index (χ4v) is 2.61. The second-order valence-electron chi connectivity index (χ2n) is 3.28. The quantitative estimate of drug-likeness (QED) is 0.539. The molecule has 0 spiro atoms. The molecule has 0 saturated heterocycles. The van der Waals surface area contributed by atoms with Gasteiger partial charge in [-0.15, -0.1) is 11.8 Å². The normalized spacial score (nSPS) is 41.9. The minimum absolute atomic E-state index is 0.611. The van der Waals surface area contributed by atoms with Crippen LogP contribution in [-0.2, 0) is 0 Å². The van der Waals surface area contributed by atoms with Crippen molar-refractivity contribution in [3.8, 4) is 0 Å². The number of rotatable bonds is 1. The Morgan fingerprint density at radius 2 is 2.33 bits per heavy atom. The summed E-state index contributed by atoms with van der Waals surface area (Å²) in [5.74, 6) is 1.04. The molecule has 0 aromatic rings. The zero-order chi connectivity index (χ0) is 6.32. The summed E-state index contributed by atoms with van der Waals surface area (Å²) >= 11 is 2.03. The summed E-state index contributed by atoms with van der Waals surface area (Å²) in [5, 5.41) is 2.26. The standard InChI is InChI=1S/C8H12S/c1-8(7-3-4-7)5-2-6-9-8/h2,6-7H,3-5H2,1H3. The van der Waals surface area contributed by atoms with Gasteiger partial charge >= 0.3 is 0 Å². The van der Waals surface area contributed by atoms with E-state index in [4.69, 9.17) is 0 Å². The monoisotopic (exact) mass is 140 g/mol. The van der Waals surface area contributed by atoms with E-state index < -0.39 is 0 Å². The summed E-state index contributed by atoms with van der Waals surface area (Å²) in [4.78, 5) is 0. The van der Waals surface area contributed by atoms with Crippen LogP contribution < -0.4 is 0 Å². The maximum absolute atomic E-state index is 2.40. The first-order valence-electron chi connectivity index (χ1n) is 3.64. The molecule has 50 valence electrons. The molecule has 1 aliphatic carbocycles. The molecule has 1 saturated carbocycles. The molecule has 0 aromatic heterocycles. The Labute approximate surface area is 60.7 Å². The van der Waals surface area contributed by atoms with E-state index in [1.807, 2.05) is 11.8 Å². The summed E-state index contributed by atoms with van der Waals surface area (Å²) in [6.07, 6.45) is 6.57. The van der Waals surface area contributed by atoms with Crippen LogP contribution in [-0.4, -0.2) is 4.75 Å². The lowest BCUT2D eigenvalue weighted by molar-refractivity contribution is 0.581. The highest BCUT2D eigenvalue weighted by atomic mass is 32.2. The van der Waals surface area contributed by atoms with E-state index in [-0.39, 0.29) is 0 Å². The number of allylic oxidation sites excluding steroid dienone is 1. The molecule has 2 rings (SSSR count). The van der Waals surface area contributed by atoms with E-state index in [9.17, 15) is 0 Å². The minimum Gasteiger partial charge on any atom is -0.127 e. The topological polar surface area (TPSA) is 0 Å². The molecular formula is C8H12S. The molecule has 2 aliphatic rings. The maximum Gasteiger partial charge on any atom is 0.0235 e. The zero-order valence-electron chi connectivity index (χ0n) is 5.76. The van der Waals surface area contributed by atoms with Crippen LogP contribution in [0.25, 0.3) is 0 Å². The van der Waals surface area contributed by atoms with Gasteiger partial charge in [-0.3, -0.25) is 0 Å². The summed E-state index contributed by atoms with van der Waals surface area (Å²) in [7, 11) is 0. The van der Waals surface area contributed by atoms with Crippen molar-refractivity contribution < 1.29 is 0 Å². The lowest BCUT2D eigenvalue weighted by Crippen LogP contribution is -2.17. The van der Waals surface area contributed by atoms with Crippen molar-refractivity contribution in [3.63, 3.8) is 0 Å². The highest BCUT2D eigenvalue weighted by molar-refractivity contribution is 8.03. The molecule has 0 aromatic carbocycles. The van der Waals surface area contributed by atoms with Crippen LogP contribution in [0.3, 0.4) is 0 Å². The number of thioether (sulfide) groups is 1. The average molecular weight is 140 g/mol. The zero-order valence-corrected chi connectivity index (χ0v) is 6.58. The number of hydrogen-bond donors (Lipinski definition) is 0. The van der Waals surface area contributed by atoms with Gasteiger partial charge in [-0.05, 0) is 37.5 Å². The van der Waals surface area contributed by atoms with Crippen LogP contribution in [0.2, 0.25) is 0 Å². The van der Waals surface area contributed by atoms with E-state index in [1.165, 1.54) is 19.3 Å². The van der Waals surface area contributed by atoms with E-state index in [0.717, 1.165) is 5.92 Å². The summed E-state index contributed by atoms with van der Waals surface area (Å²) < 4.78 is 0.611. The predicted octanol–water partition coefficient (Wildman–Crippen LogP) is 2.81. The van der Waals surface area contributed by atoms with Gasteiger partial charge in [0.15, 0.2) is 0 Å². The number of hydrogen-bond acceptors (Lipinski definition) is 1. The van der Waals surface area contributed by atoms with Gasteiger partial charge in [0.05, 0.1) is 0 Å². The van der Waals surface area contributed by atoms with Gasteiger partial charge < -0.3 is 0 Å². The molecule has 1 aliphatic heterocycles. The third-order valence-electron chi connectivity index (χ3n) is 2.40. The van der Waals surface area contributed by atoms with Crippen LogP contribution in [0.4, 0.5) is 0 Å². The SMILES string of the molecule is CC1(C2CC2)CC=CS1. The molecule has 0 nitrogen and oxygen atoms in total. The summed E-state index contributed by atoms with van der Waals surface area (Å²) in [6, 6.07) is 0. The first-order valence-corrected chi connectivity index (χ1v) is 4.52.